The molecular weight excluding hydrogens is 276 g/mol. The Balaban J connectivity index is 1.97. The molecule has 0 aliphatic rings. The number of pyridine rings is 1. The summed E-state index contributed by atoms with van der Waals surface area (Å²) in [5.41, 5.74) is 1.65. The lowest BCUT2D eigenvalue weighted by Crippen LogP contribution is -2.15. The predicted octanol–water partition coefficient (Wildman–Crippen LogP) is 2.79. The van der Waals surface area contributed by atoms with Crippen LogP contribution in [-0.2, 0) is 0 Å². The summed E-state index contributed by atoms with van der Waals surface area (Å²) >= 11 is 0. The molecule has 3 aromatic rings. The standard InChI is InChI=1S/C18H18N2O2/c1-19-9-10-22-15-7-4-6-14(11-15)17-12-13-5-2-3-8-16(13)18(21)20-17/h2-8,11-12,19H,9-10H2,1H3,(H,20,21). The first kappa shape index (κ1) is 14.4. The van der Waals surface area contributed by atoms with Crippen molar-refractivity contribution in [1.82, 2.24) is 10.3 Å². The first-order chi connectivity index (χ1) is 10.8. The third-order valence-corrected chi connectivity index (χ3v) is 3.52. The van der Waals surface area contributed by atoms with Crippen molar-refractivity contribution in [1.29, 1.82) is 0 Å². The van der Waals surface area contributed by atoms with Gasteiger partial charge in [-0.2, -0.15) is 0 Å². The van der Waals surface area contributed by atoms with Gasteiger partial charge in [-0.05, 0) is 36.7 Å². The Morgan fingerprint density at radius 2 is 1.95 bits per heavy atom. The van der Waals surface area contributed by atoms with Gasteiger partial charge in [-0.15, -0.1) is 0 Å². The van der Waals surface area contributed by atoms with Crippen LogP contribution >= 0.6 is 0 Å². The minimum atomic E-state index is -0.0744. The SMILES string of the molecule is CNCCOc1cccc(-c2cc3ccccc3c(=O)[nH]2)c1. The van der Waals surface area contributed by atoms with Gasteiger partial charge in [-0.1, -0.05) is 30.3 Å². The van der Waals surface area contributed by atoms with E-state index >= 15 is 0 Å². The number of aromatic amines is 1. The normalized spacial score (nSPS) is 10.8. The summed E-state index contributed by atoms with van der Waals surface area (Å²) in [4.78, 5) is 15.1. The van der Waals surface area contributed by atoms with Gasteiger partial charge in [0.1, 0.15) is 12.4 Å². The predicted molar refractivity (Wildman–Crippen MR) is 89.4 cm³/mol. The van der Waals surface area contributed by atoms with Crippen LogP contribution in [0.2, 0.25) is 0 Å². The van der Waals surface area contributed by atoms with Crippen LogP contribution in [0.15, 0.2) is 59.4 Å². The highest BCUT2D eigenvalue weighted by molar-refractivity contribution is 5.85. The molecule has 4 nitrogen and oxygen atoms in total. The molecule has 2 N–H and O–H groups in total. The van der Waals surface area contributed by atoms with Crippen LogP contribution in [0, 0.1) is 0 Å². The molecule has 0 saturated heterocycles. The highest BCUT2D eigenvalue weighted by Crippen LogP contribution is 2.23. The van der Waals surface area contributed by atoms with Gasteiger partial charge in [-0.3, -0.25) is 4.79 Å². The molecule has 112 valence electrons. The zero-order chi connectivity index (χ0) is 15.4. The highest BCUT2D eigenvalue weighted by atomic mass is 16.5. The Labute approximate surface area is 128 Å². The summed E-state index contributed by atoms with van der Waals surface area (Å²) in [6.45, 7) is 1.39. The fraction of sp³-hybridized carbons (Fsp3) is 0.167. The third-order valence-electron chi connectivity index (χ3n) is 3.52. The molecule has 0 saturated carbocycles. The molecule has 1 aromatic heterocycles. The van der Waals surface area contributed by atoms with Crippen molar-refractivity contribution in [3.05, 3.63) is 65.0 Å². The summed E-state index contributed by atoms with van der Waals surface area (Å²) < 4.78 is 5.67. The maximum atomic E-state index is 12.2. The summed E-state index contributed by atoms with van der Waals surface area (Å²) in [5, 5.41) is 4.67. The van der Waals surface area contributed by atoms with Gasteiger partial charge in [0, 0.05) is 23.2 Å². The molecule has 0 amide bonds. The molecular formula is C18H18N2O2. The second-order valence-corrected chi connectivity index (χ2v) is 5.08. The molecule has 0 aliphatic carbocycles. The zero-order valence-electron chi connectivity index (χ0n) is 12.4. The van der Waals surface area contributed by atoms with Crippen molar-refractivity contribution < 1.29 is 4.74 Å². The van der Waals surface area contributed by atoms with Crippen molar-refractivity contribution in [3.8, 4) is 17.0 Å². The van der Waals surface area contributed by atoms with E-state index in [1.165, 1.54) is 0 Å². The van der Waals surface area contributed by atoms with Crippen LogP contribution in [0.3, 0.4) is 0 Å². The Morgan fingerprint density at radius 1 is 1.09 bits per heavy atom. The zero-order valence-corrected chi connectivity index (χ0v) is 12.4. The molecule has 0 bridgehead atoms. The smallest absolute Gasteiger partial charge is 0.256 e. The highest BCUT2D eigenvalue weighted by Gasteiger charge is 2.05. The number of hydrogen-bond acceptors (Lipinski definition) is 3. The van der Waals surface area contributed by atoms with Gasteiger partial charge < -0.3 is 15.0 Å². The van der Waals surface area contributed by atoms with Gasteiger partial charge >= 0.3 is 0 Å². The first-order valence-electron chi connectivity index (χ1n) is 7.28. The number of benzene rings is 2. The van der Waals surface area contributed by atoms with Crippen molar-refractivity contribution in [3.63, 3.8) is 0 Å². The first-order valence-corrected chi connectivity index (χ1v) is 7.28. The van der Waals surface area contributed by atoms with Crippen LogP contribution < -0.4 is 15.6 Å². The molecule has 3 rings (SSSR count). The molecule has 0 aliphatic heterocycles. The lowest BCUT2D eigenvalue weighted by Gasteiger charge is -2.08. The number of fused-ring (bicyclic) bond motifs is 1. The van der Waals surface area contributed by atoms with Crippen molar-refractivity contribution in [2.24, 2.45) is 0 Å². The number of ether oxygens (including phenoxy) is 1. The molecule has 0 radical (unpaired) electrons. The molecule has 0 unspecified atom stereocenters. The van der Waals surface area contributed by atoms with Crippen LogP contribution in [-0.4, -0.2) is 25.2 Å². The van der Waals surface area contributed by atoms with Crippen LogP contribution in [0.5, 0.6) is 5.75 Å². The van der Waals surface area contributed by atoms with Crippen LogP contribution in [0.1, 0.15) is 0 Å². The third kappa shape index (κ3) is 3.02. The minimum Gasteiger partial charge on any atom is -0.492 e. The maximum absolute atomic E-state index is 12.2. The molecule has 0 fully saturated rings. The number of hydrogen-bond donors (Lipinski definition) is 2. The largest absolute Gasteiger partial charge is 0.492 e. The number of H-pyrrole nitrogens is 1. The molecule has 0 atom stereocenters. The molecule has 0 spiro atoms. The number of aromatic nitrogens is 1. The molecule has 22 heavy (non-hydrogen) atoms. The average molecular weight is 294 g/mol. The van der Waals surface area contributed by atoms with E-state index in [9.17, 15) is 4.79 Å². The fourth-order valence-electron chi connectivity index (χ4n) is 2.39. The fourth-order valence-corrected chi connectivity index (χ4v) is 2.39. The molecule has 1 heterocycles. The maximum Gasteiger partial charge on any atom is 0.256 e. The van der Waals surface area contributed by atoms with E-state index in [1.807, 2.05) is 61.6 Å². The second kappa shape index (κ2) is 6.45. The Kier molecular flexibility index (Phi) is 4.21. The number of rotatable bonds is 5. The van der Waals surface area contributed by atoms with E-state index in [-0.39, 0.29) is 5.56 Å². The molecule has 2 aromatic carbocycles. The van der Waals surface area contributed by atoms with E-state index in [2.05, 4.69) is 10.3 Å². The second-order valence-electron chi connectivity index (χ2n) is 5.08. The number of likely N-dealkylation sites (N-methyl/N-ethyl adjacent to an activating group) is 1. The lowest BCUT2D eigenvalue weighted by atomic mass is 10.1. The van der Waals surface area contributed by atoms with Gasteiger partial charge in [-0.25, -0.2) is 0 Å². The van der Waals surface area contributed by atoms with E-state index in [4.69, 9.17) is 4.74 Å². The van der Waals surface area contributed by atoms with Crippen molar-refractivity contribution in [2.75, 3.05) is 20.2 Å². The Morgan fingerprint density at radius 3 is 2.82 bits per heavy atom. The monoisotopic (exact) mass is 294 g/mol. The minimum absolute atomic E-state index is 0.0744. The Bertz CT molecular complexity index is 840. The van der Waals surface area contributed by atoms with Gasteiger partial charge in [0.25, 0.3) is 5.56 Å². The van der Waals surface area contributed by atoms with Crippen molar-refractivity contribution >= 4 is 10.8 Å². The van der Waals surface area contributed by atoms with Crippen molar-refractivity contribution in [2.45, 2.75) is 0 Å². The van der Waals surface area contributed by atoms with E-state index < -0.39 is 0 Å². The molecule has 4 heteroatoms. The van der Waals surface area contributed by atoms with Crippen LogP contribution in [0.4, 0.5) is 0 Å². The summed E-state index contributed by atoms with van der Waals surface area (Å²) in [6, 6.07) is 17.3. The van der Waals surface area contributed by atoms with E-state index in [1.54, 1.807) is 0 Å². The van der Waals surface area contributed by atoms with Crippen LogP contribution in [0.25, 0.3) is 22.0 Å². The van der Waals surface area contributed by atoms with E-state index in [0.29, 0.717) is 12.0 Å². The quantitative estimate of drug-likeness (QED) is 0.711. The average Bonchev–Trinajstić information content (AvgIpc) is 2.55. The Hall–Kier alpha value is -2.59. The topological polar surface area (TPSA) is 54.1 Å². The van der Waals surface area contributed by atoms with Gasteiger partial charge in [0.05, 0.1) is 0 Å². The number of nitrogens with one attached hydrogen (secondary N) is 2. The summed E-state index contributed by atoms with van der Waals surface area (Å²) in [5.74, 6) is 0.793. The van der Waals surface area contributed by atoms with Gasteiger partial charge in [0.15, 0.2) is 0 Å². The summed E-state index contributed by atoms with van der Waals surface area (Å²) in [7, 11) is 1.89. The lowest BCUT2D eigenvalue weighted by molar-refractivity contribution is 0.318. The summed E-state index contributed by atoms with van der Waals surface area (Å²) in [6.07, 6.45) is 0. The van der Waals surface area contributed by atoms with E-state index in [0.717, 1.165) is 28.9 Å². The van der Waals surface area contributed by atoms with Gasteiger partial charge in [0.2, 0.25) is 0 Å².